The summed E-state index contributed by atoms with van der Waals surface area (Å²) >= 11 is 1.39. The van der Waals surface area contributed by atoms with E-state index in [4.69, 9.17) is 4.74 Å². The number of halogens is 1. The van der Waals surface area contributed by atoms with Gasteiger partial charge in [-0.1, -0.05) is 0 Å². The number of nitrogens with zero attached hydrogens (tertiary/aromatic N) is 2. The number of esters is 1. The number of aryl methyl sites for hydroxylation is 1. The van der Waals surface area contributed by atoms with Crippen LogP contribution >= 0.6 is 35.3 Å². The van der Waals surface area contributed by atoms with Crippen LogP contribution in [0.2, 0.25) is 0 Å². The van der Waals surface area contributed by atoms with Crippen molar-refractivity contribution in [3.63, 3.8) is 0 Å². The molecule has 1 atom stereocenters. The Kier molecular flexibility index (Phi) is 7.29. The van der Waals surface area contributed by atoms with Crippen molar-refractivity contribution in [2.75, 3.05) is 20.2 Å². The molecule has 1 aromatic rings. The number of aliphatic imine (C=N–C) groups is 1. The standard InChI is InChI=1S/C18H28N4O2S.HI/c1-5-24-16(23)14-11(2)21-15(25-14)12(3)22-17(19-4)20-10-18(8-9-18)13-6-7-13;/h12-13H,5-10H2,1-4H3,(H2,19,20,22);1H. The average Bonchev–Trinajstić information content (AvgIpc) is 3.49. The number of rotatable bonds is 7. The fourth-order valence-electron chi connectivity index (χ4n) is 3.30. The van der Waals surface area contributed by atoms with Gasteiger partial charge in [-0.05, 0) is 57.8 Å². The van der Waals surface area contributed by atoms with Gasteiger partial charge in [-0.25, -0.2) is 9.78 Å². The van der Waals surface area contributed by atoms with Crippen LogP contribution in [-0.4, -0.2) is 37.1 Å². The summed E-state index contributed by atoms with van der Waals surface area (Å²) in [7, 11) is 1.79. The van der Waals surface area contributed by atoms with Crippen molar-refractivity contribution in [1.82, 2.24) is 15.6 Å². The molecular formula is C18H29IN4O2S. The number of hydrogen-bond donors (Lipinski definition) is 2. The number of ether oxygens (including phenoxy) is 1. The third-order valence-corrected chi connectivity index (χ3v) is 6.48. The SMILES string of the molecule is CCOC(=O)c1sc(C(C)NC(=NC)NCC2(C3CC3)CC2)nc1C.I. The van der Waals surface area contributed by atoms with E-state index in [0.717, 1.165) is 29.1 Å². The average molecular weight is 492 g/mol. The van der Waals surface area contributed by atoms with Gasteiger partial charge in [0.25, 0.3) is 0 Å². The Labute approximate surface area is 176 Å². The lowest BCUT2D eigenvalue weighted by atomic mass is 10.0. The summed E-state index contributed by atoms with van der Waals surface area (Å²) in [6.45, 7) is 7.06. The first-order valence-corrected chi connectivity index (χ1v) is 9.92. The summed E-state index contributed by atoms with van der Waals surface area (Å²) in [5.74, 6) is 1.42. The van der Waals surface area contributed by atoms with Crippen molar-refractivity contribution < 1.29 is 9.53 Å². The molecule has 2 fully saturated rings. The summed E-state index contributed by atoms with van der Waals surface area (Å²) in [6.07, 6.45) is 5.45. The first-order valence-electron chi connectivity index (χ1n) is 9.10. The van der Waals surface area contributed by atoms with E-state index in [1.807, 2.05) is 20.8 Å². The first kappa shape index (κ1) is 21.4. The highest BCUT2D eigenvalue weighted by Crippen LogP contribution is 2.60. The number of guanidine groups is 1. The Hall–Kier alpha value is -0.900. The number of hydrogen-bond acceptors (Lipinski definition) is 5. The van der Waals surface area contributed by atoms with Crippen LogP contribution < -0.4 is 10.6 Å². The fourth-order valence-corrected chi connectivity index (χ4v) is 4.26. The zero-order valence-electron chi connectivity index (χ0n) is 15.9. The number of nitrogens with one attached hydrogen (secondary N) is 2. The Bertz CT molecular complexity index is 668. The Morgan fingerprint density at radius 3 is 2.69 bits per heavy atom. The van der Waals surface area contributed by atoms with Gasteiger partial charge in [-0.3, -0.25) is 4.99 Å². The summed E-state index contributed by atoms with van der Waals surface area (Å²) in [5, 5.41) is 7.74. The lowest BCUT2D eigenvalue weighted by molar-refractivity contribution is 0.0531. The molecule has 1 heterocycles. The minimum atomic E-state index is -0.293. The molecule has 0 aliphatic heterocycles. The van der Waals surface area contributed by atoms with Crippen LogP contribution in [0.1, 0.15) is 65.9 Å². The maximum atomic E-state index is 12.0. The van der Waals surface area contributed by atoms with Gasteiger partial charge < -0.3 is 15.4 Å². The Morgan fingerprint density at radius 2 is 2.15 bits per heavy atom. The van der Waals surface area contributed by atoms with Crippen LogP contribution in [0.5, 0.6) is 0 Å². The lowest BCUT2D eigenvalue weighted by Crippen LogP contribution is -2.41. The van der Waals surface area contributed by atoms with Gasteiger partial charge in [0.2, 0.25) is 0 Å². The quantitative estimate of drug-likeness (QED) is 0.263. The zero-order valence-corrected chi connectivity index (χ0v) is 19.1. The third kappa shape index (κ3) is 4.88. The Morgan fingerprint density at radius 1 is 1.46 bits per heavy atom. The molecule has 146 valence electrons. The van der Waals surface area contributed by atoms with Gasteiger partial charge in [0, 0.05) is 13.6 Å². The molecule has 0 bridgehead atoms. The van der Waals surface area contributed by atoms with Gasteiger partial charge in [0.1, 0.15) is 9.88 Å². The second-order valence-electron chi connectivity index (χ2n) is 7.12. The minimum Gasteiger partial charge on any atom is -0.462 e. The van der Waals surface area contributed by atoms with Crippen LogP contribution in [0.25, 0.3) is 0 Å². The van der Waals surface area contributed by atoms with Gasteiger partial charge in [-0.2, -0.15) is 0 Å². The molecule has 2 N–H and O–H groups in total. The third-order valence-electron chi connectivity index (χ3n) is 5.16. The predicted octanol–water partition coefficient (Wildman–Crippen LogP) is 3.66. The molecule has 0 aromatic carbocycles. The maximum Gasteiger partial charge on any atom is 0.350 e. The molecular weight excluding hydrogens is 463 g/mol. The van der Waals surface area contributed by atoms with E-state index < -0.39 is 0 Å². The van der Waals surface area contributed by atoms with Crippen molar-refractivity contribution in [3.05, 3.63) is 15.6 Å². The van der Waals surface area contributed by atoms with E-state index >= 15 is 0 Å². The Balaban J connectivity index is 0.00000243. The normalized spacial score (nSPS) is 19.3. The van der Waals surface area contributed by atoms with Crippen molar-refractivity contribution >= 4 is 47.2 Å². The van der Waals surface area contributed by atoms with E-state index in [-0.39, 0.29) is 36.0 Å². The molecule has 0 saturated heterocycles. The fraction of sp³-hybridized carbons (Fsp3) is 0.722. The monoisotopic (exact) mass is 492 g/mol. The second kappa shape index (κ2) is 8.86. The highest BCUT2D eigenvalue weighted by Gasteiger charge is 2.53. The number of thiazole rings is 1. The van der Waals surface area contributed by atoms with Crippen LogP contribution in [0, 0.1) is 18.3 Å². The first-order chi connectivity index (χ1) is 12.0. The van der Waals surface area contributed by atoms with Crippen LogP contribution in [-0.2, 0) is 4.74 Å². The minimum absolute atomic E-state index is 0. The van der Waals surface area contributed by atoms with E-state index in [0.29, 0.717) is 16.9 Å². The molecule has 1 aromatic heterocycles. The summed E-state index contributed by atoms with van der Waals surface area (Å²) < 4.78 is 5.09. The summed E-state index contributed by atoms with van der Waals surface area (Å²) in [5.41, 5.74) is 1.25. The number of aromatic nitrogens is 1. The van der Waals surface area contributed by atoms with Crippen molar-refractivity contribution in [3.8, 4) is 0 Å². The highest BCUT2D eigenvalue weighted by molar-refractivity contribution is 14.0. The lowest BCUT2D eigenvalue weighted by Gasteiger charge is -2.20. The predicted molar refractivity (Wildman–Crippen MR) is 116 cm³/mol. The van der Waals surface area contributed by atoms with Crippen LogP contribution in [0.15, 0.2) is 4.99 Å². The molecule has 8 heteroatoms. The molecule has 0 amide bonds. The molecule has 1 unspecified atom stereocenters. The van der Waals surface area contributed by atoms with E-state index in [1.165, 1.54) is 37.0 Å². The van der Waals surface area contributed by atoms with Crippen LogP contribution in [0.3, 0.4) is 0 Å². The second-order valence-corrected chi connectivity index (χ2v) is 8.15. The molecule has 2 aliphatic carbocycles. The van der Waals surface area contributed by atoms with E-state index in [9.17, 15) is 4.79 Å². The van der Waals surface area contributed by atoms with Gasteiger partial charge in [-0.15, -0.1) is 35.3 Å². The van der Waals surface area contributed by atoms with Gasteiger partial charge in [0.15, 0.2) is 5.96 Å². The summed E-state index contributed by atoms with van der Waals surface area (Å²) in [6, 6.07) is -0.0193. The molecule has 2 aliphatic rings. The zero-order chi connectivity index (χ0) is 18.0. The van der Waals surface area contributed by atoms with Gasteiger partial charge >= 0.3 is 5.97 Å². The smallest absolute Gasteiger partial charge is 0.350 e. The number of carbonyl (C=O) groups excluding carboxylic acids is 1. The van der Waals surface area contributed by atoms with Gasteiger partial charge in [0.05, 0.1) is 18.3 Å². The highest BCUT2D eigenvalue weighted by atomic mass is 127. The molecule has 0 spiro atoms. The molecule has 2 saturated carbocycles. The molecule has 0 radical (unpaired) electrons. The molecule has 3 rings (SSSR count). The van der Waals surface area contributed by atoms with E-state index in [2.05, 4.69) is 20.6 Å². The molecule has 26 heavy (non-hydrogen) atoms. The van der Waals surface area contributed by atoms with Crippen molar-refractivity contribution in [2.45, 2.75) is 52.5 Å². The molecule has 6 nitrogen and oxygen atoms in total. The van der Waals surface area contributed by atoms with Crippen molar-refractivity contribution in [1.29, 1.82) is 0 Å². The largest absolute Gasteiger partial charge is 0.462 e. The number of carbonyl (C=O) groups is 1. The summed E-state index contributed by atoms with van der Waals surface area (Å²) in [4.78, 5) is 21.4. The van der Waals surface area contributed by atoms with Crippen LogP contribution in [0.4, 0.5) is 0 Å². The van der Waals surface area contributed by atoms with Crippen molar-refractivity contribution in [2.24, 2.45) is 16.3 Å². The van der Waals surface area contributed by atoms with E-state index in [1.54, 1.807) is 7.05 Å². The maximum absolute atomic E-state index is 12.0. The topological polar surface area (TPSA) is 75.6 Å².